The summed E-state index contributed by atoms with van der Waals surface area (Å²) in [6, 6.07) is 13.8. The Morgan fingerprint density at radius 3 is 2.54 bits per heavy atom. The highest BCUT2D eigenvalue weighted by atomic mass is 35.5. The summed E-state index contributed by atoms with van der Waals surface area (Å²) in [5, 5.41) is 4.73. The maximum absolute atomic E-state index is 13.1. The molecule has 1 N–H and O–H groups in total. The van der Waals surface area contributed by atoms with Crippen molar-refractivity contribution in [2.45, 2.75) is 20.4 Å². The van der Waals surface area contributed by atoms with Crippen molar-refractivity contribution in [3.05, 3.63) is 58.7 Å². The van der Waals surface area contributed by atoms with E-state index in [1.165, 1.54) is 0 Å². The van der Waals surface area contributed by atoms with Crippen molar-refractivity contribution in [3.8, 4) is 0 Å². The van der Waals surface area contributed by atoms with Crippen LogP contribution in [-0.2, 0) is 11.3 Å². The summed E-state index contributed by atoms with van der Waals surface area (Å²) in [6.45, 7) is 8.02. The van der Waals surface area contributed by atoms with E-state index >= 15 is 0 Å². The van der Waals surface area contributed by atoms with Gasteiger partial charge in [-0.25, -0.2) is 0 Å². The van der Waals surface area contributed by atoms with Gasteiger partial charge >= 0.3 is 0 Å². The van der Waals surface area contributed by atoms with E-state index in [4.69, 9.17) is 16.3 Å². The molecule has 2 heterocycles. The second-order valence-corrected chi connectivity index (χ2v) is 7.42. The third-order valence-electron chi connectivity index (χ3n) is 5.31. The summed E-state index contributed by atoms with van der Waals surface area (Å²) in [6.07, 6.45) is 0. The van der Waals surface area contributed by atoms with Crippen LogP contribution in [0.25, 0.3) is 10.9 Å². The molecule has 5 nitrogen and oxygen atoms in total. The Morgan fingerprint density at radius 2 is 1.86 bits per heavy atom. The Labute approximate surface area is 169 Å². The third kappa shape index (κ3) is 3.48. The number of nitrogens with one attached hydrogen (secondary N) is 1. The second kappa shape index (κ2) is 7.86. The molecule has 1 aliphatic rings. The number of carbonyl (C=O) groups excluding carboxylic acids is 1. The lowest BCUT2D eigenvalue weighted by Crippen LogP contribution is -2.36. The van der Waals surface area contributed by atoms with Gasteiger partial charge in [-0.2, -0.15) is 0 Å². The number of ether oxygens (including phenoxy) is 1. The first-order chi connectivity index (χ1) is 13.6. The lowest BCUT2D eigenvalue weighted by Gasteiger charge is -2.28. The fourth-order valence-corrected chi connectivity index (χ4v) is 4.06. The molecule has 4 rings (SSSR count). The molecule has 0 saturated carbocycles. The molecule has 1 amide bonds. The van der Waals surface area contributed by atoms with Crippen LogP contribution < -0.4 is 10.2 Å². The van der Waals surface area contributed by atoms with E-state index in [2.05, 4.69) is 10.2 Å². The molecule has 1 fully saturated rings. The number of amides is 1. The average molecular weight is 398 g/mol. The zero-order chi connectivity index (χ0) is 19.7. The van der Waals surface area contributed by atoms with Crippen LogP contribution in [0, 0.1) is 6.92 Å². The molecule has 1 saturated heterocycles. The number of carbonyl (C=O) groups is 1. The van der Waals surface area contributed by atoms with Crippen molar-refractivity contribution in [1.29, 1.82) is 0 Å². The first-order valence-corrected chi connectivity index (χ1v) is 9.98. The smallest absolute Gasteiger partial charge is 0.272 e. The van der Waals surface area contributed by atoms with E-state index in [0.29, 0.717) is 17.3 Å². The molecule has 6 heteroatoms. The number of anilines is 2. The number of aromatic nitrogens is 1. The number of halogens is 1. The Morgan fingerprint density at radius 1 is 1.14 bits per heavy atom. The number of aryl methyl sites for hydroxylation is 2. The van der Waals surface area contributed by atoms with Gasteiger partial charge in [0.1, 0.15) is 5.69 Å². The monoisotopic (exact) mass is 397 g/mol. The number of benzene rings is 2. The van der Waals surface area contributed by atoms with E-state index in [-0.39, 0.29) is 5.91 Å². The molecule has 0 atom stereocenters. The number of nitrogens with zero attached hydrogens (tertiary/aromatic N) is 2. The van der Waals surface area contributed by atoms with Gasteiger partial charge in [0.05, 0.1) is 13.2 Å². The summed E-state index contributed by atoms with van der Waals surface area (Å²) in [7, 11) is 0. The van der Waals surface area contributed by atoms with Crippen LogP contribution in [0.1, 0.15) is 23.0 Å². The summed E-state index contributed by atoms with van der Waals surface area (Å²) in [5.41, 5.74) is 4.58. The maximum atomic E-state index is 13.1. The van der Waals surface area contributed by atoms with E-state index in [0.717, 1.165) is 54.1 Å². The van der Waals surface area contributed by atoms with Crippen LogP contribution >= 0.6 is 11.6 Å². The second-order valence-electron chi connectivity index (χ2n) is 6.98. The summed E-state index contributed by atoms with van der Waals surface area (Å²) < 4.78 is 7.44. The molecule has 1 aliphatic heterocycles. The van der Waals surface area contributed by atoms with Crippen molar-refractivity contribution >= 4 is 39.8 Å². The SMILES string of the molecule is CCn1c(C(=O)Nc2ccc(N3CCOCC3)cc2)c(C)c2cc(Cl)ccc21. The Balaban J connectivity index is 1.59. The van der Waals surface area contributed by atoms with E-state index < -0.39 is 0 Å². The van der Waals surface area contributed by atoms with E-state index in [1.54, 1.807) is 0 Å². The first kappa shape index (κ1) is 18.8. The minimum Gasteiger partial charge on any atom is -0.378 e. The molecule has 3 aromatic rings. The maximum Gasteiger partial charge on any atom is 0.272 e. The van der Waals surface area contributed by atoms with Crippen molar-refractivity contribution in [2.75, 3.05) is 36.5 Å². The number of rotatable bonds is 4. The minimum absolute atomic E-state index is 0.106. The highest BCUT2D eigenvalue weighted by Crippen LogP contribution is 2.29. The molecule has 0 spiro atoms. The van der Waals surface area contributed by atoms with Crippen molar-refractivity contribution in [1.82, 2.24) is 4.57 Å². The summed E-state index contributed by atoms with van der Waals surface area (Å²) in [5.74, 6) is -0.106. The normalized spacial score (nSPS) is 14.5. The Bertz CT molecular complexity index is 1000. The van der Waals surface area contributed by atoms with Gasteiger partial charge < -0.3 is 19.5 Å². The quantitative estimate of drug-likeness (QED) is 0.693. The lowest BCUT2D eigenvalue weighted by molar-refractivity contribution is 0.101. The highest BCUT2D eigenvalue weighted by Gasteiger charge is 2.20. The topological polar surface area (TPSA) is 46.5 Å². The predicted octanol–water partition coefficient (Wildman–Crippen LogP) is 4.71. The molecular weight excluding hydrogens is 374 g/mol. The molecule has 1 aromatic heterocycles. The highest BCUT2D eigenvalue weighted by molar-refractivity contribution is 6.31. The number of hydrogen-bond donors (Lipinski definition) is 1. The fraction of sp³-hybridized carbons (Fsp3) is 0.318. The van der Waals surface area contributed by atoms with Crippen LogP contribution in [0.2, 0.25) is 5.02 Å². The Kier molecular flexibility index (Phi) is 5.29. The van der Waals surface area contributed by atoms with Gasteiger partial charge in [-0.05, 0) is 61.9 Å². The molecule has 2 aromatic carbocycles. The van der Waals surface area contributed by atoms with Gasteiger partial charge in [-0.1, -0.05) is 11.6 Å². The predicted molar refractivity (Wildman–Crippen MR) is 115 cm³/mol. The standard InChI is InChI=1S/C22H24ClN3O2/c1-3-26-20-9-4-16(23)14-19(20)15(2)21(26)22(27)24-17-5-7-18(8-6-17)25-10-12-28-13-11-25/h4-9,14H,3,10-13H2,1-2H3,(H,24,27). The Hall–Kier alpha value is -2.50. The van der Waals surface area contributed by atoms with Crippen molar-refractivity contribution in [2.24, 2.45) is 0 Å². The van der Waals surface area contributed by atoms with Gasteiger partial charge in [0.15, 0.2) is 0 Å². The molecule has 146 valence electrons. The average Bonchev–Trinajstić information content (AvgIpc) is 3.00. The van der Waals surface area contributed by atoms with Crippen molar-refractivity contribution in [3.63, 3.8) is 0 Å². The third-order valence-corrected chi connectivity index (χ3v) is 5.55. The van der Waals surface area contributed by atoms with Gasteiger partial charge in [0, 0.05) is 46.9 Å². The van der Waals surface area contributed by atoms with Gasteiger partial charge in [0.2, 0.25) is 0 Å². The van der Waals surface area contributed by atoms with Crippen LogP contribution in [0.15, 0.2) is 42.5 Å². The largest absolute Gasteiger partial charge is 0.378 e. The van der Waals surface area contributed by atoms with Crippen molar-refractivity contribution < 1.29 is 9.53 Å². The number of hydrogen-bond acceptors (Lipinski definition) is 3. The van der Waals surface area contributed by atoms with Crippen LogP contribution in [-0.4, -0.2) is 36.8 Å². The molecule has 0 aliphatic carbocycles. The molecular formula is C22H24ClN3O2. The van der Waals surface area contributed by atoms with Gasteiger partial charge in [-0.3, -0.25) is 4.79 Å². The first-order valence-electron chi connectivity index (χ1n) is 9.61. The van der Waals surface area contributed by atoms with E-state index in [9.17, 15) is 4.79 Å². The van der Waals surface area contributed by atoms with Crippen LogP contribution in [0.5, 0.6) is 0 Å². The fourth-order valence-electron chi connectivity index (χ4n) is 3.88. The zero-order valence-corrected chi connectivity index (χ0v) is 16.9. The number of morpholine rings is 1. The summed E-state index contributed by atoms with van der Waals surface area (Å²) >= 11 is 6.16. The molecule has 0 unspecified atom stereocenters. The molecule has 0 radical (unpaired) electrons. The van der Waals surface area contributed by atoms with E-state index in [1.807, 2.05) is 60.9 Å². The van der Waals surface area contributed by atoms with Crippen LogP contribution in [0.3, 0.4) is 0 Å². The molecule has 0 bridgehead atoms. The number of fused-ring (bicyclic) bond motifs is 1. The zero-order valence-electron chi connectivity index (χ0n) is 16.2. The lowest BCUT2D eigenvalue weighted by atomic mass is 10.1. The van der Waals surface area contributed by atoms with Gasteiger partial charge in [0.25, 0.3) is 5.91 Å². The van der Waals surface area contributed by atoms with Crippen LogP contribution in [0.4, 0.5) is 11.4 Å². The summed E-state index contributed by atoms with van der Waals surface area (Å²) in [4.78, 5) is 15.4. The minimum atomic E-state index is -0.106. The molecule has 28 heavy (non-hydrogen) atoms. The van der Waals surface area contributed by atoms with Gasteiger partial charge in [-0.15, -0.1) is 0 Å².